The smallest absolute Gasteiger partial charge is 0.252 e. The van der Waals surface area contributed by atoms with E-state index in [9.17, 15) is 0 Å². The average molecular weight is 214 g/mol. The van der Waals surface area contributed by atoms with Crippen molar-refractivity contribution in [3.05, 3.63) is 23.4 Å². The van der Waals surface area contributed by atoms with E-state index in [0.29, 0.717) is 23.9 Å². The second-order valence-corrected chi connectivity index (χ2v) is 2.98. The molecule has 2 aromatic rings. The predicted molar refractivity (Wildman–Crippen MR) is 49.8 cm³/mol. The summed E-state index contributed by atoms with van der Waals surface area (Å²) in [6, 6.07) is 1.68. The van der Waals surface area contributed by atoms with E-state index in [-0.39, 0.29) is 5.22 Å². The van der Waals surface area contributed by atoms with Crippen molar-refractivity contribution in [2.45, 2.75) is 6.54 Å². The second kappa shape index (κ2) is 3.81. The van der Waals surface area contributed by atoms with E-state index < -0.39 is 0 Å². The summed E-state index contributed by atoms with van der Waals surface area (Å²) in [5, 5.41) is 10.8. The number of furan rings is 1. The molecule has 0 bridgehead atoms. The number of nitrogens with one attached hydrogen (secondary N) is 1. The van der Waals surface area contributed by atoms with Crippen LogP contribution < -0.4 is 5.32 Å². The molecule has 2 aromatic heterocycles. The number of hydrogen-bond donors (Lipinski definition) is 1. The lowest BCUT2D eigenvalue weighted by molar-refractivity contribution is 0.489. The SMILES string of the molecule is CNCc1nnc(-c2ccoc2Cl)o1. The maximum absolute atomic E-state index is 5.75. The first-order valence-corrected chi connectivity index (χ1v) is 4.39. The molecule has 1 N–H and O–H groups in total. The molecule has 74 valence electrons. The van der Waals surface area contributed by atoms with Crippen LogP contribution in [0.5, 0.6) is 0 Å². The van der Waals surface area contributed by atoms with Gasteiger partial charge in [-0.05, 0) is 24.7 Å². The Morgan fingerprint density at radius 2 is 2.36 bits per heavy atom. The van der Waals surface area contributed by atoms with Gasteiger partial charge in [-0.15, -0.1) is 10.2 Å². The van der Waals surface area contributed by atoms with Crippen molar-refractivity contribution in [2.75, 3.05) is 7.05 Å². The van der Waals surface area contributed by atoms with E-state index in [4.69, 9.17) is 20.4 Å². The minimum Gasteiger partial charge on any atom is -0.452 e. The van der Waals surface area contributed by atoms with Crippen molar-refractivity contribution in [3.8, 4) is 11.5 Å². The van der Waals surface area contributed by atoms with E-state index >= 15 is 0 Å². The largest absolute Gasteiger partial charge is 0.452 e. The molecule has 0 aliphatic rings. The minimum atomic E-state index is 0.254. The average Bonchev–Trinajstić information content (AvgIpc) is 2.74. The molecule has 0 aliphatic carbocycles. The summed E-state index contributed by atoms with van der Waals surface area (Å²) in [4.78, 5) is 0. The lowest BCUT2D eigenvalue weighted by Gasteiger charge is -1.89. The van der Waals surface area contributed by atoms with Gasteiger partial charge in [-0.25, -0.2) is 0 Å². The highest BCUT2D eigenvalue weighted by atomic mass is 35.5. The standard InChI is InChI=1S/C8H8ClN3O2/c1-10-4-6-11-12-8(14-6)5-2-3-13-7(5)9/h2-3,10H,4H2,1H3. The van der Waals surface area contributed by atoms with Crippen molar-refractivity contribution >= 4 is 11.6 Å². The molecule has 2 rings (SSSR count). The third kappa shape index (κ3) is 1.64. The topological polar surface area (TPSA) is 64.1 Å². The molecule has 0 saturated carbocycles. The molecule has 0 aliphatic heterocycles. The maximum Gasteiger partial charge on any atom is 0.252 e. The summed E-state index contributed by atoms with van der Waals surface area (Å²) < 4.78 is 10.2. The zero-order chi connectivity index (χ0) is 9.97. The molecule has 0 spiro atoms. The first-order chi connectivity index (χ1) is 6.81. The van der Waals surface area contributed by atoms with Crippen LogP contribution in [0.4, 0.5) is 0 Å². The lowest BCUT2D eigenvalue weighted by Crippen LogP contribution is -2.04. The second-order valence-electron chi connectivity index (χ2n) is 2.64. The molecule has 0 fully saturated rings. The Morgan fingerprint density at radius 1 is 1.50 bits per heavy atom. The zero-order valence-electron chi connectivity index (χ0n) is 7.45. The summed E-state index contributed by atoms with van der Waals surface area (Å²) in [6.07, 6.45) is 1.47. The number of rotatable bonds is 3. The summed E-state index contributed by atoms with van der Waals surface area (Å²) in [6.45, 7) is 0.530. The van der Waals surface area contributed by atoms with Gasteiger partial charge in [0.2, 0.25) is 11.1 Å². The van der Waals surface area contributed by atoms with Crippen LogP contribution in [0.2, 0.25) is 5.22 Å². The van der Waals surface area contributed by atoms with Crippen LogP contribution in [0.3, 0.4) is 0 Å². The Morgan fingerprint density at radius 3 is 3.00 bits per heavy atom. The van der Waals surface area contributed by atoms with E-state index in [1.807, 2.05) is 0 Å². The Balaban J connectivity index is 2.29. The fourth-order valence-corrected chi connectivity index (χ4v) is 1.23. The molecule has 0 radical (unpaired) electrons. The highest BCUT2D eigenvalue weighted by Gasteiger charge is 2.13. The Kier molecular flexibility index (Phi) is 2.51. The van der Waals surface area contributed by atoms with Crippen LogP contribution >= 0.6 is 11.6 Å². The van der Waals surface area contributed by atoms with Crippen molar-refractivity contribution in [2.24, 2.45) is 0 Å². The molecule has 0 saturated heterocycles. The fourth-order valence-electron chi connectivity index (χ4n) is 1.03. The van der Waals surface area contributed by atoms with Crippen LogP contribution in [0.1, 0.15) is 5.89 Å². The van der Waals surface area contributed by atoms with Crippen LogP contribution in [0.25, 0.3) is 11.5 Å². The number of halogens is 1. The van der Waals surface area contributed by atoms with E-state index in [1.165, 1.54) is 6.26 Å². The van der Waals surface area contributed by atoms with Crippen LogP contribution in [0.15, 0.2) is 21.2 Å². The third-order valence-corrected chi connectivity index (χ3v) is 1.94. The maximum atomic E-state index is 5.75. The Bertz CT molecular complexity index is 424. The highest BCUT2D eigenvalue weighted by Crippen LogP contribution is 2.27. The van der Waals surface area contributed by atoms with Gasteiger partial charge < -0.3 is 14.2 Å². The zero-order valence-corrected chi connectivity index (χ0v) is 8.21. The van der Waals surface area contributed by atoms with Gasteiger partial charge >= 0.3 is 0 Å². The van der Waals surface area contributed by atoms with Gasteiger partial charge in [0, 0.05) is 0 Å². The third-order valence-electron chi connectivity index (χ3n) is 1.64. The van der Waals surface area contributed by atoms with E-state index in [0.717, 1.165) is 0 Å². The van der Waals surface area contributed by atoms with Gasteiger partial charge in [-0.2, -0.15) is 0 Å². The van der Waals surface area contributed by atoms with Crippen LogP contribution in [-0.2, 0) is 6.54 Å². The lowest BCUT2D eigenvalue weighted by atomic mass is 10.3. The molecule has 2 heterocycles. The Labute approximate surface area is 85.1 Å². The highest BCUT2D eigenvalue weighted by molar-refractivity contribution is 6.31. The number of nitrogens with zero attached hydrogens (tertiary/aromatic N) is 2. The summed E-state index contributed by atoms with van der Waals surface area (Å²) in [5.41, 5.74) is 0.613. The normalized spacial score (nSPS) is 10.7. The molecule has 6 heteroatoms. The molecular weight excluding hydrogens is 206 g/mol. The van der Waals surface area contributed by atoms with Crippen LogP contribution in [0, 0.1) is 0 Å². The monoisotopic (exact) mass is 213 g/mol. The van der Waals surface area contributed by atoms with Gasteiger partial charge in [-0.3, -0.25) is 0 Å². The molecule has 0 aromatic carbocycles. The quantitative estimate of drug-likeness (QED) is 0.841. The molecular formula is C8H8ClN3O2. The minimum absolute atomic E-state index is 0.254. The molecule has 5 nitrogen and oxygen atoms in total. The van der Waals surface area contributed by atoms with E-state index in [1.54, 1.807) is 13.1 Å². The van der Waals surface area contributed by atoms with Gasteiger partial charge in [0.25, 0.3) is 5.89 Å². The summed E-state index contributed by atoms with van der Waals surface area (Å²) in [5.74, 6) is 0.883. The first-order valence-electron chi connectivity index (χ1n) is 4.01. The number of aromatic nitrogens is 2. The Hall–Kier alpha value is -1.33. The number of hydrogen-bond acceptors (Lipinski definition) is 5. The molecule has 0 atom stereocenters. The first kappa shape index (κ1) is 9.23. The van der Waals surface area contributed by atoms with Crippen molar-refractivity contribution in [1.82, 2.24) is 15.5 Å². The van der Waals surface area contributed by atoms with Gasteiger partial charge in [0.15, 0.2) is 0 Å². The molecule has 14 heavy (non-hydrogen) atoms. The van der Waals surface area contributed by atoms with Crippen molar-refractivity contribution < 1.29 is 8.83 Å². The summed E-state index contributed by atoms with van der Waals surface area (Å²) in [7, 11) is 1.80. The molecule has 0 amide bonds. The fraction of sp³-hybridized carbons (Fsp3) is 0.250. The van der Waals surface area contributed by atoms with Crippen molar-refractivity contribution in [1.29, 1.82) is 0 Å². The van der Waals surface area contributed by atoms with E-state index in [2.05, 4.69) is 15.5 Å². The molecule has 0 unspecified atom stereocenters. The van der Waals surface area contributed by atoms with Crippen molar-refractivity contribution in [3.63, 3.8) is 0 Å². The van der Waals surface area contributed by atoms with Gasteiger partial charge in [0.05, 0.1) is 18.4 Å². The van der Waals surface area contributed by atoms with Gasteiger partial charge in [-0.1, -0.05) is 0 Å². The predicted octanol–water partition coefficient (Wildman–Crippen LogP) is 1.70. The summed E-state index contributed by atoms with van der Waals surface area (Å²) >= 11 is 5.75. The van der Waals surface area contributed by atoms with Crippen LogP contribution in [-0.4, -0.2) is 17.2 Å². The van der Waals surface area contributed by atoms with Gasteiger partial charge in [0.1, 0.15) is 0 Å².